The summed E-state index contributed by atoms with van der Waals surface area (Å²) in [5, 5.41) is 2.59. The number of aryl methyl sites for hydroxylation is 2. The second-order valence-corrected chi connectivity index (χ2v) is 2.97. The van der Waals surface area contributed by atoms with Crippen molar-refractivity contribution in [3.8, 4) is 12.3 Å². The van der Waals surface area contributed by atoms with Gasteiger partial charge in [0.25, 0.3) is 5.91 Å². The van der Waals surface area contributed by atoms with Gasteiger partial charge >= 0.3 is 0 Å². The molecule has 1 heterocycles. The van der Waals surface area contributed by atoms with Gasteiger partial charge in [-0.05, 0) is 26.0 Å². The smallest absolute Gasteiger partial charge is 0.253 e. The van der Waals surface area contributed by atoms with Gasteiger partial charge in [-0.15, -0.1) is 6.42 Å². The van der Waals surface area contributed by atoms with Gasteiger partial charge in [0.15, 0.2) is 0 Å². The summed E-state index contributed by atoms with van der Waals surface area (Å²) in [6.07, 6.45) is 5.04. The van der Waals surface area contributed by atoms with Gasteiger partial charge < -0.3 is 5.32 Å². The Balaban J connectivity index is 2.86. The van der Waals surface area contributed by atoms with E-state index in [1.807, 2.05) is 6.92 Å². The molecule has 0 fully saturated rings. The molecule has 3 nitrogen and oxygen atoms in total. The van der Waals surface area contributed by atoms with Crippen LogP contribution in [0.15, 0.2) is 12.1 Å². The Labute approximate surface area is 83.6 Å². The molecule has 0 saturated carbocycles. The minimum absolute atomic E-state index is 0.173. The van der Waals surface area contributed by atoms with Gasteiger partial charge in [0.05, 0.1) is 17.8 Å². The molecule has 1 aromatic heterocycles. The number of rotatable bonds is 2. The monoisotopic (exact) mass is 188 g/mol. The lowest BCUT2D eigenvalue weighted by Crippen LogP contribution is -2.24. The van der Waals surface area contributed by atoms with Crippen molar-refractivity contribution in [3.05, 3.63) is 29.1 Å². The third kappa shape index (κ3) is 2.33. The van der Waals surface area contributed by atoms with Crippen LogP contribution >= 0.6 is 0 Å². The highest BCUT2D eigenvalue weighted by atomic mass is 16.1. The molecule has 0 atom stereocenters. The molecule has 0 saturated heterocycles. The van der Waals surface area contributed by atoms with Gasteiger partial charge in [0.1, 0.15) is 0 Å². The molecule has 0 radical (unpaired) electrons. The molecule has 1 amide bonds. The first kappa shape index (κ1) is 10.3. The lowest BCUT2D eigenvalue weighted by Gasteiger charge is -2.04. The number of nitrogens with one attached hydrogen (secondary N) is 1. The summed E-state index contributed by atoms with van der Waals surface area (Å²) in [5.41, 5.74) is 2.20. The van der Waals surface area contributed by atoms with Crippen molar-refractivity contribution in [2.45, 2.75) is 13.8 Å². The lowest BCUT2D eigenvalue weighted by molar-refractivity contribution is 0.0957. The first-order chi connectivity index (χ1) is 6.65. The van der Waals surface area contributed by atoms with E-state index in [1.54, 1.807) is 19.1 Å². The second kappa shape index (κ2) is 4.43. The van der Waals surface area contributed by atoms with Crippen molar-refractivity contribution < 1.29 is 4.79 Å². The average molecular weight is 188 g/mol. The number of aromatic nitrogens is 1. The van der Waals surface area contributed by atoms with Crippen molar-refractivity contribution in [2.24, 2.45) is 0 Å². The molecule has 72 valence electrons. The van der Waals surface area contributed by atoms with E-state index in [2.05, 4.69) is 16.2 Å². The van der Waals surface area contributed by atoms with E-state index < -0.39 is 0 Å². The topological polar surface area (TPSA) is 42.0 Å². The molecule has 14 heavy (non-hydrogen) atoms. The SMILES string of the molecule is C#CCNC(=O)c1ccc(C)nc1C. The summed E-state index contributed by atoms with van der Waals surface area (Å²) >= 11 is 0. The van der Waals surface area contributed by atoms with E-state index in [-0.39, 0.29) is 12.5 Å². The van der Waals surface area contributed by atoms with Crippen LogP contribution in [0.3, 0.4) is 0 Å². The number of terminal acetylenes is 1. The van der Waals surface area contributed by atoms with E-state index >= 15 is 0 Å². The van der Waals surface area contributed by atoms with Crippen LogP contribution in [-0.4, -0.2) is 17.4 Å². The van der Waals surface area contributed by atoms with Crippen LogP contribution < -0.4 is 5.32 Å². The van der Waals surface area contributed by atoms with Gasteiger partial charge in [0, 0.05) is 5.69 Å². The molecular formula is C11H12N2O. The van der Waals surface area contributed by atoms with Gasteiger partial charge in [0.2, 0.25) is 0 Å². The summed E-state index contributed by atoms with van der Waals surface area (Å²) in [5.74, 6) is 2.17. The fourth-order valence-corrected chi connectivity index (χ4v) is 1.15. The minimum Gasteiger partial charge on any atom is -0.341 e. The van der Waals surface area contributed by atoms with Crippen LogP contribution in [-0.2, 0) is 0 Å². The van der Waals surface area contributed by atoms with E-state index in [1.165, 1.54) is 0 Å². The number of amides is 1. The summed E-state index contributed by atoms with van der Waals surface area (Å²) in [7, 11) is 0. The predicted octanol–water partition coefficient (Wildman–Crippen LogP) is 1.06. The zero-order valence-electron chi connectivity index (χ0n) is 8.29. The molecule has 0 spiro atoms. The fraction of sp³-hybridized carbons (Fsp3) is 0.273. The molecule has 0 aliphatic rings. The Morgan fingerprint density at radius 2 is 2.29 bits per heavy atom. The highest BCUT2D eigenvalue weighted by molar-refractivity contribution is 5.95. The normalized spacial score (nSPS) is 9.21. The summed E-state index contributed by atoms with van der Waals surface area (Å²) in [6, 6.07) is 3.56. The van der Waals surface area contributed by atoms with Gasteiger partial charge in [-0.3, -0.25) is 9.78 Å². The third-order valence-electron chi connectivity index (χ3n) is 1.82. The van der Waals surface area contributed by atoms with Crippen LogP contribution in [0, 0.1) is 26.2 Å². The molecular weight excluding hydrogens is 176 g/mol. The number of carbonyl (C=O) groups is 1. The molecule has 1 aromatic rings. The third-order valence-corrected chi connectivity index (χ3v) is 1.82. The van der Waals surface area contributed by atoms with Gasteiger partial charge in [-0.25, -0.2) is 0 Å². The predicted molar refractivity (Wildman–Crippen MR) is 54.9 cm³/mol. The number of hydrogen-bond donors (Lipinski definition) is 1. The van der Waals surface area contributed by atoms with Gasteiger partial charge in [-0.2, -0.15) is 0 Å². The molecule has 0 unspecified atom stereocenters. The summed E-state index contributed by atoms with van der Waals surface area (Å²) in [4.78, 5) is 15.7. The Morgan fingerprint density at radius 1 is 1.57 bits per heavy atom. The zero-order valence-corrected chi connectivity index (χ0v) is 8.29. The van der Waals surface area contributed by atoms with E-state index in [0.29, 0.717) is 5.56 Å². The van der Waals surface area contributed by atoms with E-state index in [0.717, 1.165) is 11.4 Å². The van der Waals surface area contributed by atoms with Crippen LogP contribution in [0.1, 0.15) is 21.7 Å². The van der Waals surface area contributed by atoms with Gasteiger partial charge in [-0.1, -0.05) is 5.92 Å². The van der Waals surface area contributed by atoms with Crippen molar-refractivity contribution >= 4 is 5.91 Å². The first-order valence-electron chi connectivity index (χ1n) is 4.31. The molecule has 3 heteroatoms. The molecule has 0 aliphatic heterocycles. The minimum atomic E-state index is -0.173. The molecule has 1 rings (SSSR count). The summed E-state index contributed by atoms with van der Waals surface area (Å²) < 4.78 is 0. The fourth-order valence-electron chi connectivity index (χ4n) is 1.15. The molecule has 0 bridgehead atoms. The highest BCUT2D eigenvalue weighted by Gasteiger charge is 2.08. The van der Waals surface area contributed by atoms with E-state index in [9.17, 15) is 4.79 Å². The van der Waals surface area contributed by atoms with Crippen LogP contribution in [0.25, 0.3) is 0 Å². The quantitative estimate of drug-likeness (QED) is 0.705. The van der Waals surface area contributed by atoms with Crippen molar-refractivity contribution in [1.82, 2.24) is 10.3 Å². The maximum absolute atomic E-state index is 11.5. The number of carbonyl (C=O) groups excluding carboxylic acids is 1. The maximum Gasteiger partial charge on any atom is 0.253 e. The van der Waals surface area contributed by atoms with Crippen LogP contribution in [0.5, 0.6) is 0 Å². The Morgan fingerprint density at radius 3 is 2.86 bits per heavy atom. The van der Waals surface area contributed by atoms with Crippen molar-refractivity contribution in [3.63, 3.8) is 0 Å². The standard InChI is InChI=1S/C11H12N2O/c1-4-7-12-11(14)10-6-5-8(2)13-9(10)3/h1,5-6H,7H2,2-3H3,(H,12,14). The average Bonchev–Trinajstić information content (AvgIpc) is 2.14. The summed E-state index contributed by atoms with van der Waals surface area (Å²) in [6.45, 7) is 3.93. The largest absolute Gasteiger partial charge is 0.341 e. The Hall–Kier alpha value is -1.82. The van der Waals surface area contributed by atoms with Crippen molar-refractivity contribution in [2.75, 3.05) is 6.54 Å². The molecule has 0 aromatic carbocycles. The molecule has 0 aliphatic carbocycles. The first-order valence-corrected chi connectivity index (χ1v) is 4.31. The molecule has 1 N–H and O–H groups in total. The van der Waals surface area contributed by atoms with Crippen molar-refractivity contribution in [1.29, 1.82) is 0 Å². The Bertz CT molecular complexity index is 391. The van der Waals surface area contributed by atoms with Crippen LogP contribution in [0.4, 0.5) is 0 Å². The number of hydrogen-bond acceptors (Lipinski definition) is 2. The lowest BCUT2D eigenvalue weighted by atomic mass is 10.2. The van der Waals surface area contributed by atoms with Crippen LogP contribution in [0.2, 0.25) is 0 Å². The van der Waals surface area contributed by atoms with E-state index in [4.69, 9.17) is 6.42 Å². The second-order valence-electron chi connectivity index (χ2n) is 2.97. The Kier molecular flexibility index (Phi) is 3.24. The highest BCUT2D eigenvalue weighted by Crippen LogP contribution is 2.05. The zero-order chi connectivity index (χ0) is 10.6. The number of nitrogens with zero attached hydrogens (tertiary/aromatic N) is 1. The number of pyridine rings is 1. The maximum atomic E-state index is 11.5.